The van der Waals surface area contributed by atoms with Crippen molar-refractivity contribution in [3.05, 3.63) is 48.2 Å². The number of hydrogen-bond donors (Lipinski definition) is 1. The zero-order chi connectivity index (χ0) is 12.4. The molecule has 0 amide bonds. The highest BCUT2D eigenvalue weighted by molar-refractivity contribution is 5.42. The molecule has 0 bridgehead atoms. The molecule has 0 radical (unpaired) electrons. The Kier molecular flexibility index (Phi) is 2.60. The Morgan fingerprint density at radius 3 is 3.00 bits per heavy atom. The molecule has 3 aromatic rings. The molecule has 0 aliphatic heterocycles. The second kappa shape index (κ2) is 4.40. The van der Waals surface area contributed by atoms with Gasteiger partial charge in [0.15, 0.2) is 5.65 Å². The first-order valence-corrected chi connectivity index (χ1v) is 5.65. The Labute approximate surface area is 104 Å². The SMILES string of the molecule is Cc1nccc(CNc2nc3ccccn3n2)n1. The van der Waals surface area contributed by atoms with Gasteiger partial charge >= 0.3 is 0 Å². The van der Waals surface area contributed by atoms with Crippen LogP contribution >= 0.6 is 0 Å². The molecule has 0 unspecified atom stereocenters. The summed E-state index contributed by atoms with van der Waals surface area (Å²) < 4.78 is 1.73. The van der Waals surface area contributed by atoms with Gasteiger partial charge in [0.1, 0.15) is 5.82 Å². The summed E-state index contributed by atoms with van der Waals surface area (Å²) in [6, 6.07) is 7.63. The third-order valence-corrected chi connectivity index (χ3v) is 2.50. The molecule has 90 valence electrons. The van der Waals surface area contributed by atoms with E-state index < -0.39 is 0 Å². The molecule has 0 atom stereocenters. The quantitative estimate of drug-likeness (QED) is 0.750. The van der Waals surface area contributed by atoms with Gasteiger partial charge < -0.3 is 5.32 Å². The summed E-state index contributed by atoms with van der Waals surface area (Å²) in [6.07, 6.45) is 3.61. The second-order valence-electron chi connectivity index (χ2n) is 3.89. The zero-order valence-electron chi connectivity index (χ0n) is 9.91. The van der Waals surface area contributed by atoms with E-state index in [-0.39, 0.29) is 0 Å². The van der Waals surface area contributed by atoms with Crippen molar-refractivity contribution in [2.45, 2.75) is 13.5 Å². The summed E-state index contributed by atoms with van der Waals surface area (Å²) in [4.78, 5) is 12.7. The minimum Gasteiger partial charge on any atom is -0.347 e. The van der Waals surface area contributed by atoms with Crippen molar-refractivity contribution < 1.29 is 0 Å². The van der Waals surface area contributed by atoms with Crippen LogP contribution in [0, 0.1) is 6.92 Å². The van der Waals surface area contributed by atoms with Crippen molar-refractivity contribution in [3.8, 4) is 0 Å². The van der Waals surface area contributed by atoms with E-state index in [0.29, 0.717) is 12.5 Å². The summed E-state index contributed by atoms with van der Waals surface area (Å²) in [5.74, 6) is 1.36. The molecule has 1 N–H and O–H groups in total. The minimum absolute atomic E-state index is 0.584. The van der Waals surface area contributed by atoms with Gasteiger partial charge in [-0.05, 0) is 25.1 Å². The van der Waals surface area contributed by atoms with Gasteiger partial charge in [-0.15, -0.1) is 5.10 Å². The van der Waals surface area contributed by atoms with E-state index in [4.69, 9.17) is 0 Å². The number of nitrogens with zero attached hydrogens (tertiary/aromatic N) is 5. The van der Waals surface area contributed by atoms with E-state index in [1.165, 1.54) is 0 Å². The lowest BCUT2D eigenvalue weighted by atomic mass is 10.4. The zero-order valence-corrected chi connectivity index (χ0v) is 9.91. The first kappa shape index (κ1) is 10.6. The molecule has 0 spiro atoms. The highest BCUT2D eigenvalue weighted by Gasteiger charge is 2.02. The number of anilines is 1. The maximum absolute atomic E-state index is 4.35. The molecule has 0 aromatic carbocycles. The Morgan fingerprint density at radius 2 is 2.17 bits per heavy atom. The molecule has 18 heavy (non-hydrogen) atoms. The van der Waals surface area contributed by atoms with Gasteiger partial charge in [0.25, 0.3) is 0 Å². The second-order valence-corrected chi connectivity index (χ2v) is 3.89. The molecule has 3 rings (SSSR count). The van der Waals surface area contributed by atoms with Crippen LogP contribution in [0.3, 0.4) is 0 Å². The monoisotopic (exact) mass is 240 g/mol. The van der Waals surface area contributed by atoms with Crippen LogP contribution in [0.15, 0.2) is 36.7 Å². The van der Waals surface area contributed by atoms with E-state index in [9.17, 15) is 0 Å². The van der Waals surface area contributed by atoms with Crippen LogP contribution in [0.5, 0.6) is 0 Å². The molecule has 3 aromatic heterocycles. The van der Waals surface area contributed by atoms with Crippen molar-refractivity contribution >= 4 is 11.6 Å². The standard InChI is InChI=1S/C12H12N6/c1-9-13-6-5-10(15-9)8-14-12-16-11-4-2-3-7-18(11)17-12/h2-7H,8H2,1H3,(H,14,17). The van der Waals surface area contributed by atoms with Crippen molar-refractivity contribution in [2.24, 2.45) is 0 Å². The van der Waals surface area contributed by atoms with Gasteiger partial charge in [-0.25, -0.2) is 14.5 Å². The number of pyridine rings is 1. The van der Waals surface area contributed by atoms with Crippen LogP contribution in [0.1, 0.15) is 11.5 Å². The topological polar surface area (TPSA) is 68.0 Å². The molecule has 6 nitrogen and oxygen atoms in total. The summed E-state index contributed by atoms with van der Waals surface area (Å²) >= 11 is 0. The fraction of sp³-hybridized carbons (Fsp3) is 0.167. The van der Waals surface area contributed by atoms with Gasteiger partial charge in [0.05, 0.1) is 12.2 Å². The molecule has 0 saturated heterocycles. The Balaban J connectivity index is 1.76. The predicted octanol–water partition coefficient (Wildman–Crippen LogP) is 1.44. The minimum atomic E-state index is 0.584. The Morgan fingerprint density at radius 1 is 1.22 bits per heavy atom. The maximum Gasteiger partial charge on any atom is 0.243 e. The van der Waals surface area contributed by atoms with Crippen LogP contribution in [0.2, 0.25) is 0 Å². The van der Waals surface area contributed by atoms with Gasteiger partial charge in [0.2, 0.25) is 5.95 Å². The lowest BCUT2D eigenvalue weighted by Crippen LogP contribution is -2.04. The average Bonchev–Trinajstić information content (AvgIpc) is 2.79. The van der Waals surface area contributed by atoms with Gasteiger partial charge in [-0.2, -0.15) is 4.98 Å². The molecular weight excluding hydrogens is 228 g/mol. The summed E-state index contributed by atoms with van der Waals surface area (Å²) in [5.41, 5.74) is 1.74. The van der Waals surface area contributed by atoms with E-state index in [1.54, 1.807) is 10.7 Å². The molecule has 3 heterocycles. The lowest BCUT2D eigenvalue weighted by molar-refractivity contribution is 0.922. The van der Waals surface area contributed by atoms with Crippen molar-refractivity contribution in [1.82, 2.24) is 24.6 Å². The highest BCUT2D eigenvalue weighted by Crippen LogP contribution is 2.05. The van der Waals surface area contributed by atoms with Crippen LogP contribution in [-0.4, -0.2) is 24.6 Å². The van der Waals surface area contributed by atoms with E-state index in [0.717, 1.165) is 17.2 Å². The fourth-order valence-electron chi connectivity index (χ4n) is 1.68. The normalized spacial score (nSPS) is 10.7. The molecule has 0 aliphatic carbocycles. The Hall–Kier alpha value is -2.50. The number of aromatic nitrogens is 5. The van der Waals surface area contributed by atoms with Crippen molar-refractivity contribution in [1.29, 1.82) is 0 Å². The third kappa shape index (κ3) is 2.13. The van der Waals surface area contributed by atoms with E-state index in [2.05, 4.69) is 25.4 Å². The number of aryl methyl sites for hydroxylation is 1. The number of rotatable bonds is 3. The van der Waals surface area contributed by atoms with Crippen molar-refractivity contribution in [2.75, 3.05) is 5.32 Å². The summed E-state index contributed by atoms with van der Waals surface area (Å²) in [6.45, 7) is 2.45. The van der Waals surface area contributed by atoms with Crippen LogP contribution in [0.4, 0.5) is 5.95 Å². The molecule has 0 saturated carbocycles. The highest BCUT2D eigenvalue weighted by atomic mass is 15.3. The smallest absolute Gasteiger partial charge is 0.243 e. The largest absolute Gasteiger partial charge is 0.347 e. The summed E-state index contributed by atoms with van der Waals surface area (Å²) in [7, 11) is 0. The lowest BCUT2D eigenvalue weighted by Gasteiger charge is -2.01. The first-order valence-electron chi connectivity index (χ1n) is 5.65. The summed E-state index contributed by atoms with van der Waals surface area (Å²) in [5, 5.41) is 7.45. The van der Waals surface area contributed by atoms with E-state index >= 15 is 0 Å². The first-order chi connectivity index (χ1) is 8.81. The Bertz CT molecular complexity index is 642. The number of nitrogens with one attached hydrogen (secondary N) is 1. The third-order valence-electron chi connectivity index (χ3n) is 2.50. The van der Waals surface area contributed by atoms with Gasteiger partial charge in [0, 0.05) is 12.4 Å². The van der Waals surface area contributed by atoms with Crippen LogP contribution in [0.25, 0.3) is 5.65 Å². The molecular formula is C12H12N6. The van der Waals surface area contributed by atoms with Gasteiger partial charge in [-0.3, -0.25) is 0 Å². The number of fused-ring (bicyclic) bond motifs is 1. The van der Waals surface area contributed by atoms with Crippen LogP contribution in [-0.2, 0) is 6.54 Å². The molecule has 6 heteroatoms. The van der Waals surface area contributed by atoms with Crippen LogP contribution < -0.4 is 5.32 Å². The number of hydrogen-bond acceptors (Lipinski definition) is 5. The fourth-order valence-corrected chi connectivity index (χ4v) is 1.68. The molecule has 0 aliphatic rings. The van der Waals surface area contributed by atoms with Gasteiger partial charge in [-0.1, -0.05) is 6.07 Å². The average molecular weight is 240 g/mol. The molecule has 0 fully saturated rings. The maximum atomic E-state index is 4.35. The van der Waals surface area contributed by atoms with E-state index in [1.807, 2.05) is 37.4 Å². The predicted molar refractivity (Wildman–Crippen MR) is 67.1 cm³/mol. The van der Waals surface area contributed by atoms with Crippen molar-refractivity contribution in [3.63, 3.8) is 0 Å².